The zero-order valence-electron chi connectivity index (χ0n) is 17.6. The van der Waals surface area contributed by atoms with Gasteiger partial charge in [0.15, 0.2) is 11.5 Å². The Labute approximate surface area is 202 Å². The Morgan fingerprint density at radius 1 is 0.935 bits per heavy atom. The highest BCUT2D eigenvalue weighted by molar-refractivity contribution is 9.10. The van der Waals surface area contributed by atoms with Gasteiger partial charge in [0.25, 0.3) is 0 Å². The SMILES string of the molecule is COc1cc(CNC(C)CCc2ccccc2)c(Br)cc1OCc1ccc(Cl)c(Cl)c1. The van der Waals surface area contributed by atoms with Crippen LogP contribution in [-0.2, 0) is 19.6 Å². The van der Waals surface area contributed by atoms with E-state index in [4.69, 9.17) is 32.7 Å². The number of halogens is 3. The number of aryl methyl sites for hydroxylation is 1. The van der Waals surface area contributed by atoms with Crippen LogP contribution in [0.4, 0.5) is 0 Å². The predicted octanol–water partition coefficient (Wildman–Crippen LogP) is 7.45. The molecule has 0 aliphatic rings. The van der Waals surface area contributed by atoms with Gasteiger partial charge in [-0.25, -0.2) is 0 Å². The Kier molecular flexibility index (Phi) is 9.09. The van der Waals surface area contributed by atoms with Crippen LogP contribution in [0.5, 0.6) is 11.5 Å². The average molecular weight is 523 g/mol. The lowest BCUT2D eigenvalue weighted by molar-refractivity contribution is 0.284. The summed E-state index contributed by atoms with van der Waals surface area (Å²) in [6.07, 6.45) is 2.13. The maximum atomic E-state index is 6.09. The Morgan fingerprint density at radius 2 is 1.71 bits per heavy atom. The van der Waals surface area contributed by atoms with E-state index in [9.17, 15) is 0 Å². The van der Waals surface area contributed by atoms with Gasteiger partial charge in [0.05, 0.1) is 17.2 Å². The summed E-state index contributed by atoms with van der Waals surface area (Å²) >= 11 is 15.7. The zero-order valence-corrected chi connectivity index (χ0v) is 20.7. The number of hydrogen-bond donors (Lipinski definition) is 1. The van der Waals surface area contributed by atoms with Gasteiger partial charge in [-0.1, -0.05) is 75.5 Å². The first-order valence-electron chi connectivity index (χ1n) is 10.2. The van der Waals surface area contributed by atoms with Crippen molar-refractivity contribution in [3.63, 3.8) is 0 Å². The van der Waals surface area contributed by atoms with E-state index in [2.05, 4.69) is 52.4 Å². The van der Waals surface area contributed by atoms with Crippen LogP contribution in [0.3, 0.4) is 0 Å². The Bertz CT molecular complexity index is 998. The number of ether oxygens (including phenoxy) is 2. The molecule has 3 rings (SSSR count). The monoisotopic (exact) mass is 521 g/mol. The summed E-state index contributed by atoms with van der Waals surface area (Å²) in [4.78, 5) is 0. The van der Waals surface area contributed by atoms with Crippen molar-refractivity contribution in [1.29, 1.82) is 0 Å². The molecule has 31 heavy (non-hydrogen) atoms. The van der Waals surface area contributed by atoms with E-state index in [1.165, 1.54) is 5.56 Å². The van der Waals surface area contributed by atoms with E-state index in [-0.39, 0.29) is 0 Å². The largest absolute Gasteiger partial charge is 0.493 e. The molecule has 0 aliphatic carbocycles. The number of benzene rings is 3. The van der Waals surface area contributed by atoms with Gasteiger partial charge < -0.3 is 14.8 Å². The van der Waals surface area contributed by atoms with Gasteiger partial charge in [-0.05, 0) is 60.7 Å². The molecule has 0 saturated carbocycles. The quantitative estimate of drug-likeness (QED) is 0.300. The topological polar surface area (TPSA) is 30.5 Å². The van der Waals surface area contributed by atoms with Gasteiger partial charge in [0.2, 0.25) is 0 Å². The first kappa shape index (κ1) is 23.9. The first-order valence-corrected chi connectivity index (χ1v) is 11.7. The summed E-state index contributed by atoms with van der Waals surface area (Å²) < 4.78 is 12.5. The third-order valence-electron chi connectivity index (χ3n) is 5.06. The molecule has 0 aliphatic heterocycles. The fraction of sp³-hybridized carbons (Fsp3) is 0.280. The molecule has 0 saturated heterocycles. The summed E-state index contributed by atoms with van der Waals surface area (Å²) in [5.74, 6) is 1.36. The maximum absolute atomic E-state index is 6.09. The molecule has 0 heterocycles. The van der Waals surface area contributed by atoms with Gasteiger partial charge in [-0.15, -0.1) is 0 Å². The highest BCUT2D eigenvalue weighted by Crippen LogP contribution is 2.34. The molecule has 3 aromatic carbocycles. The summed E-state index contributed by atoms with van der Waals surface area (Å²) in [5, 5.41) is 4.64. The second-order valence-electron chi connectivity index (χ2n) is 7.44. The molecule has 0 fully saturated rings. The van der Waals surface area contributed by atoms with E-state index >= 15 is 0 Å². The standard InChI is InChI=1S/C25H26BrCl2NO2/c1-17(8-9-18-6-4-3-5-7-18)29-15-20-13-24(30-2)25(14-21(20)26)31-16-19-10-11-22(27)23(28)12-19/h3-7,10-14,17,29H,8-9,15-16H2,1-2H3. The Morgan fingerprint density at radius 3 is 2.42 bits per heavy atom. The highest BCUT2D eigenvalue weighted by atomic mass is 79.9. The fourth-order valence-electron chi connectivity index (χ4n) is 3.19. The molecule has 0 radical (unpaired) electrons. The fourth-order valence-corrected chi connectivity index (χ4v) is 3.97. The lowest BCUT2D eigenvalue weighted by atomic mass is 10.1. The van der Waals surface area contributed by atoms with Crippen LogP contribution < -0.4 is 14.8 Å². The van der Waals surface area contributed by atoms with Crippen molar-refractivity contribution in [2.45, 2.75) is 39.0 Å². The van der Waals surface area contributed by atoms with Crippen LogP contribution in [0, 0.1) is 0 Å². The summed E-state index contributed by atoms with van der Waals surface area (Å²) in [6.45, 7) is 3.32. The van der Waals surface area contributed by atoms with Crippen LogP contribution >= 0.6 is 39.1 Å². The molecule has 0 bridgehead atoms. The normalized spacial score (nSPS) is 11.9. The van der Waals surface area contributed by atoms with E-state index in [0.717, 1.165) is 35.0 Å². The van der Waals surface area contributed by atoms with Gasteiger partial charge in [0.1, 0.15) is 6.61 Å². The molecule has 1 N–H and O–H groups in total. The van der Waals surface area contributed by atoms with Crippen molar-refractivity contribution < 1.29 is 9.47 Å². The molecule has 0 aromatic heterocycles. The van der Waals surface area contributed by atoms with E-state index in [1.807, 2.05) is 24.3 Å². The molecule has 3 aromatic rings. The molecule has 1 unspecified atom stereocenters. The average Bonchev–Trinajstić information content (AvgIpc) is 2.78. The van der Waals surface area contributed by atoms with Gasteiger partial charge in [-0.2, -0.15) is 0 Å². The van der Waals surface area contributed by atoms with Gasteiger partial charge in [-0.3, -0.25) is 0 Å². The maximum Gasteiger partial charge on any atom is 0.162 e. The van der Waals surface area contributed by atoms with E-state index in [1.54, 1.807) is 19.2 Å². The smallest absolute Gasteiger partial charge is 0.162 e. The number of nitrogens with one attached hydrogen (secondary N) is 1. The Balaban J connectivity index is 1.58. The zero-order chi connectivity index (χ0) is 22.2. The van der Waals surface area contributed by atoms with E-state index < -0.39 is 0 Å². The van der Waals surface area contributed by atoms with Crippen molar-refractivity contribution in [2.24, 2.45) is 0 Å². The summed E-state index contributed by atoms with van der Waals surface area (Å²) in [7, 11) is 1.65. The second-order valence-corrected chi connectivity index (χ2v) is 9.11. The molecular weight excluding hydrogens is 497 g/mol. The van der Waals surface area contributed by atoms with Crippen molar-refractivity contribution in [3.05, 3.63) is 91.9 Å². The van der Waals surface area contributed by atoms with Gasteiger partial charge >= 0.3 is 0 Å². The Hall–Kier alpha value is -1.72. The molecule has 3 nitrogen and oxygen atoms in total. The van der Waals surface area contributed by atoms with Crippen molar-refractivity contribution in [2.75, 3.05) is 7.11 Å². The number of methoxy groups -OCH3 is 1. The summed E-state index contributed by atoms with van der Waals surface area (Å²) in [6, 6.07) is 20.4. The van der Waals surface area contributed by atoms with Crippen LogP contribution in [0.1, 0.15) is 30.0 Å². The minimum Gasteiger partial charge on any atom is -0.493 e. The van der Waals surface area contributed by atoms with Crippen LogP contribution in [0.2, 0.25) is 10.0 Å². The lowest BCUT2D eigenvalue weighted by Gasteiger charge is -2.17. The van der Waals surface area contributed by atoms with Crippen LogP contribution in [0.25, 0.3) is 0 Å². The molecule has 0 spiro atoms. The van der Waals surface area contributed by atoms with Crippen molar-refractivity contribution in [3.8, 4) is 11.5 Å². The third kappa shape index (κ3) is 7.15. The van der Waals surface area contributed by atoms with E-state index in [0.29, 0.717) is 34.2 Å². The van der Waals surface area contributed by atoms with Crippen molar-refractivity contribution >= 4 is 39.1 Å². The van der Waals surface area contributed by atoms with Crippen LogP contribution in [-0.4, -0.2) is 13.2 Å². The first-order chi connectivity index (χ1) is 15.0. The lowest BCUT2D eigenvalue weighted by Crippen LogP contribution is -2.26. The minimum absolute atomic E-state index is 0.369. The summed E-state index contributed by atoms with van der Waals surface area (Å²) in [5.41, 5.74) is 3.42. The molecular formula is C25H26BrCl2NO2. The molecule has 6 heteroatoms. The number of hydrogen-bond acceptors (Lipinski definition) is 3. The van der Waals surface area contributed by atoms with Crippen LogP contribution in [0.15, 0.2) is 65.1 Å². The second kappa shape index (κ2) is 11.8. The minimum atomic E-state index is 0.369. The highest BCUT2D eigenvalue weighted by Gasteiger charge is 2.12. The van der Waals surface area contributed by atoms with Gasteiger partial charge in [0, 0.05) is 17.1 Å². The number of rotatable bonds is 10. The third-order valence-corrected chi connectivity index (χ3v) is 6.54. The molecule has 1 atom stereocenters. The predicted molar refractivity (Wildman–Crippen MR) is 133 cm³/mol. The molecule has 164 valence electrons. The van der Waals surface area contributed by atoms with Crippen molar-refractivity contribution in [1.82, 2.24) is 5.32 Å². The molecule has 0 amide bonds.